The number of ether oxygens (including phenoxy) is 3. The number of rotatable bonds is 6. The van der Waals surface area contributed by atoms with Crippen molar-refractivity contribution in [2.75, 3.05) is 13.7 Å². The molecule has 2 rings (SSSR count). The molecule has 5 nitrogen and oxygen atoms in total. The Bertz CT molecular complexity index is 578. The lowest BCUT2D eigenvalue weighted by Crippen LogP contribution is -2.05. The van der Waals surface area contributed by atoms with Crippen LogP contribution in [0.3, 0.4) is 0 Å². The van der Waals surface area contributed by atoms with Gasteiger partial charge in [0.2, 0.25) is 5.88 Å². The molecule has 0 saturated heterocycles. The Labute approximate surface area is 123 Å². The smallest absolute Gasteiger partial charge is 0.339 e. The van der Waals surface area contributed by atoms with Crippen LogP contribution < -0.4 is 9.47 Å². The van der Waals surface area contributed by atoms with Crippen LogP contribution in [0, 0.1) is 0 Å². The second-order valence-corrected chi connectivity index (χ2v) is 4.24. The number of nitrogens with zero attached hydrogens (tertiary/aromatic N) is 1. The van der Waals surface area contributed by atoms with Crippen molar-refractivity contribution in [1.82, 2.24) is 4.98 Å². The molecule has 21 heavy (non-hydrogen) atoms. The number of hydrogen-bond acceptors (Lipinski definition) is 5. The molecule has 0 bridgehead atoms. The molecule has 0 aliphatic carbocycles. The minimum Gasteiger partial charge on any atom is -0.497 e. The number of aromatic nitrogens is 1. The molecule has 0 unspecified atom stereocenters. The van der Waals surface area contributed by atoms with E-state index in [1.165, 1.54) is 6.20 Å². The van der Waals surface area contributed by atoms with Crippen molar-refractivity contribution in [3.05, 3.63) is 53.7 Å². The van der Waals surface area contributed by atoms with Gasteiger partial charge in [0.25, 0.3) is 0 Å². The largest absolute Gasteiger partial charge is 0.497 e. The maximum absolute atomic E-state index is 11.5. The Balaban J connectivity index is 1.92. The second kappa shape index (κ2) is 7.28. The molecule has 5 heteroatoms. The Morgan fingerprint density at radius 2 is 1.90 bits per heavy atom. The maximum Gasteiger partial charge on any atom is 0.339 e. The molecule has 0 aliphatic heterocycles. The summed E-state index contributed by atoms with van der Waals surface area (Å²) in [5, 5.41) is 0. The first-order valence-corrected chi connectivity index (χ1v) is 6.62. The zero-order valence-electron chi connectivity index (χ0n) is 12.0. The number of hydrogen-bond donors (Lipinski definition) is 0. The van der Waals surface area contributed by atoms with E-state index < -0.39 is 0 Å². The van der Waals surface area contributed by atoms with E-state index in [2.05, 4.69) is 4.98 Å². The minimum absolute atomic E-state index is 0.342. The summed E-state index contributed by atoms with van der Waals surface area (Å²) in [6.45, 7) is 2.50. The molecular weight excluding hydrogens is 270 g/mol. The summed E-state index contributed by atoms with van der Waals surface area (Å²) >= 11 is 0. The standard InChI is InChI=1S/C16H17NO4/c1-3-20-16(18)13-6-9-15(17-10-13)21-11-12-4-7-14(19-2)8-5-12/h4-10H,3,11H2,1-2H3. The van der Waals surface area contributed by atoms with E-state index in [0.29, 0.717) is 24.7 Å². The number of esters is 1. The number of pyridine rings is 1. The van der Waals surface area contributed by atoms with Crippen LogP contribution in [-0.2, 0) is 11.3 Å². The second-order valence-electron chi connectivity index (χ2n) is 4.24. The van der Waals surface area contributed by atoms with Crippen LogP contribution in [0.2, 0.25) is 0 Å². The summed E-state index contributed by atoms with van der Waals surface area (Å²) in [5.74, 6) is 0.876. The molecule has 1 aromatic carbocycles. The Kier molecular flexibility index (Phi) is 5.15. The lowest BCUT2D eigenvalue weighted by molar-refractivity contribution is 0.0526. The normalized spacial score (nSPS) is 10.0. The first-order valence-electron chi connectivity index (χ1n) is 6.62. The summed E-state index contributed by atoms with van der Waals surface area (Å²) in [4.78, 5) is 15.6. The Morgan fingerprint density at radius 3 is 2.48 bits per heavy atom. The lowest BCUT2D eigenvalue weighted by atomic mass is 10.2. The van der Waals surface area contributed by atoms with Crippen LogP contribution in [0.15, 0.2) is 42.6 Å². The van der Waals surface area contributed by atoms with Crippen molar-refractivity contribution in [2.24, 2.45) is 0 Å². The van der Waals surface area contributed by atoms with E-state index >= 15 is 0 Å². The summed E-state index contributed by atoms with van der Waals surface area (Å²) in [7, 11) is 1.63. The molecular formula is C16H17NO4. The van der Waals surface area contributed by atoms with Crippen molar-refractivity contribution in [2.45, 2.75) is 13.5 Å². The highest BCUT2D eigenvalue weighted by Crippen LogP contribution is 2.14. The number of carbonyl (C=O) groups excluding carboxylic acids is 1. The predicted molar refractivity (Wildman–Crippen MR) is 77.5 cm³/mol. The van der Waals surface area contributed by atoms with Crippen molar-refractivity contribution in [3.8, 4) is 11.6 Å². The molecule has 1 heterocycles. The van der Waals surface area contributed by atoms with E-state index in [1.54, 1.807) is 26.2 Å². The molecule has 0 atom stereocenters. The zero-order valence-corrected chi connectivity index (χ0v) is 12.0. The van der Waals surface area contributed by atoms with Crippen molar-refractivity contribution >= 4 is 5.97 Å². The SMILES string of the molecule is CCOC(=O)c1ccc(OCc2ccc(OC)cc2)nc1. The highest BCUT2D eigenvalue weighted by molar-refractivity contribution is 5.89. The van der Waals surface area contributed by atoms with Gasteiger partial charge in [-0.3, -0.25) is 0 Å². The summed E-state index contributed by atoms with van der Waals surface area (Å²) < 4.78 is 15.5. The maximum atomic E-state index is 11.5. The van der Waals surface area contributed by atoms with E-state index in [9.17, 15) is 4.79 Å². The molecule has 0 amide bonds. The molecule has 2 aromatic rings. The fourth-order valence-corrected chi connectivity index (χ4v) is 1.68. The molecule has 0 radical (unpaired) electrons. The third kappa shape index (κ3) is 4.21. The summed E-state index contributed by atoms with van der Waals surface area (Å²) in [5.41, 5.74) is 1.42. The van der Waals surface area contributed by atoms with Crippen molar-refractivity contribution < 1.29 is 19.0 Å². The van der Waals surface area contributed by atoms with Gasteiger partial charge in [0.15, 0.2) is 0 Å². The van der Waals surface area contributed by atoms with Gasteiger partial charge < -0.3 is 14.2 Å². The molecule has 0 fully saturated rings. The molecule has 0 aliphatic rings. The van der Waals surface area contributed by atoms with E-state index in [0.717, 1.165) is 11.3 Å². The van der Waals surface area contributed by atoms with Gasteiger partial charge in [-0.05, 0) is 30.7 Å². The highest BCUT2D eigenvalue weighted by atomic mass is 16.5. The van der Waals surface area contributed by atoms with Gasteiger partial charge in [0, 0.05) is 12.3 Å². The van der Waals surface area contributed by atoms with Gasteiger partial charge in [0.1, 0.15) is 12.4 Å². The average Bonchev–Trinajstić information content (AvgIpc) is 2.54. The molecule has 0 spiro atoms. The number of methoxy groups -OCH3 is 1. The quantitative estimate of drug-likeness (QED) is 0.765. The van der Waals surface area contributed by atoms with Crippen LogP contribution in [0.25, 0.3) is 0 Å². The van der Waals surface area contributed by atoms with Crippen LogP contribution in [-0.4, -0.2) is 24.7 Å². The molecule has 1 aromatic heterocycles. The fraction of sp³-hybridized carbons (Fsp3) is 0.250. The van der Waals surface area contributed by atoms with Crippen molar-refractivity contribution in [3.63, 3.8) is 0 Å². The molecule has 110 valence electrons. The first kappa shape index (κ1) is 14.8. The third-order valence-corrected chi connectivity index (χ3v) is 2.79. The summed E-state index contributed by atoms with van der Waals surface area (Å²) in [6, 6.07) is 10.9. The van der Waals surface area contributed by atoms with Crippen LogP contribution in [0.4, 0.5) is 0 Å². The highest BCUT2D eigenvalue weighted by Gasteiger charge is 2.07. The van der Waals surface area contributed by atoms with Gasteiger partial charge in [0.05, 0.1) is 19.3 Å². The van der Waals surface area contributed by atoms with Gasteiger partial charge in [-0.1, -0.05) is 12.1 Å². The van der Waals surface area contributed by atoms with Gasteiger partial charge in [-0.25, -0.2) is 9.78 Å². The number of carbonyl (C=O) groups is 1. The average molecular weight is 287 g/mol. The molecule has 0 saturated carbocycles. The fourth-order valence-electron chi connectivity index (χ4n) is 1.68. The monoisotopic (exact) mass is 287 g/mol. The van der Waals surface area contributed by atoms with Gasteiger partial charge in [-0.2, -0.15) is 0 Å². The Hall–Kier alpha value is -2.56. The number of benzene rings is 1. The Morgan fingerprint density at radius 1 is 1.14 bits per heavy atom. The van der Waals surface area contributed by atoms with E-state index in [4.69, 9.17) is 14.2 Å². The van der Waals surface area contributed by atoms with E-state index in [-0.39, 0.29) is 5.97 Å². The van der Waals surface area contributed by atoms with Crippen LogP contribution >= 0.6 is 0 Å². The van der Waals surface area contributed by atoms with Gasteiger partial charge >= 0.3 is 5.97 Å². The van der Waals surface area contributed by atoms with Crippen LogP contribution in [0.1, 0.15) is 22.8 Å². The topological polar surface area (TPSA) is 57.7 Å². The van der Waals surface area contributed by atoms with Crippen molar-refractivity contribution in [1.29, 1.82) is 0 Å². The first-order chi connectivity index (χ1) is 10.2. The summed E-state index contributed by atoms with van der Waals surface area (Å²) in [6.07, 6.45) is 1.45. The lowest BCUT2D eigenvalue weighted by Gasteiger charge is -2.07. The van der Waals surface area contributed by atoms with Gasteiger partial charge in [-0.15, -0.1) is 0 Å². The predicted octanol–water partition coefficient (Wildman–Crippen LogP) is 2.85. The third-order valence-electron chi connectivity index (χ3n) is 2.79. The zero-order chi connectivity index (χ0) is 15.1. The van der Waals surface area contributed by atoms with E-state index in [1.807, 2.05) is 24.3 Å². The van der Waals surface area contributed by atoms with Crippen LogP contribution in [0.5, 0.6) is 11.6 Å². The minimum atomic E-state index is -0.383. The molecule has 0 N–H and O–H groups in total.